The summed E-state index contributed by atoms with van der Waals surface area (Å²) in [5.74, 6) is -2.17. The van der Waals surface area contributed by atoms with Crippen molar-refractivity contribution in [2.75, 3.05) is 13.2 Å². The van der Waals surface area contributed by atoms with Gasteiger partial charge in [-0.15, -0.1) is 0 Å². The lowest BCUT2D eigenvalue weighted by molar-refractivity contribution is -0.142. The molecule has 0 heterocycles. The summed E-state index contributed by atoms with van der Waals surface area (Å²) in [7, 11) is 0. The lowest BCUT2D eigenvalue weighted by Gasteiger charge is -2.12. The molecule has 0 unspecified atom stereocenters. The number of aliphatic hydroxyl groups excluding tert-OH is 1. The van der Waals surface area contributed by atoms with Gasteiger partial charge in [0, 0.05) is 6.42 Å². The SMILES string of the molecule is CCCCCCCC/C=C\CCCCCCCC(=O)NCC(=O)N[C@@H](CO)C(=O)O. The molecule has 7 nitrogen and oxygen atoms in total. The van der Waals surface area contributed by atoms with E-state index in [4.69, 9.17) is 10.2 Å². The number of hydrogen-bond donors (Lipinski definition) is 4. The van der Waals surface area contributed by atoms with E-state index in [9.17, 15) is 14.4 Å². The number of hydrogen-bond acceptors (Lipinski definition) is 4. The van der Waals surface area contributed by atoms with E-state index in [0.717, 1.165) is 32.1 Å². The summed E-state index contributed by atoms with van der Waals surface area (Å²) in [6.07, 6.45) is 20.5. The van der Waals surface area contributed by atoms with Gasteiger partial charge in [-0.25, -0.2) is 4.79 Å². The normalized spacial score (nSPS) is 12.1. The van der Waals surface area contributed by atoms with Crippen molar-refractivity contribution in [3.8, 4) is 0 Å². The second-order valence-electron chi connectivity index (χ2n) is 7.75. The molecule has 0 aliphatic carbocycles. The van der Waals surface area contributed by atoms with Crippen LogP contribution < -0.4 is 10.6 Å². The predicted octanol–water partition coefficient (Wildman–Crippen LogP) is 3.70. The average Bonchev–Trinajstić information content (AvgIpc) is 2.73. The van der Waals surface area contributed by atoms with E-state index < -0.39 is 24.5 Å². The topological polar surface area (TPSA) is 116 Å². The Kier molecular flexibility index (Phi) is 19.1. The highest BCUT2D eigenvalue weighted by Crippen LogP contribution is 2.09. The summed E-state index contributed by atoms with van der Waals surface area (Å²) in [5, 5.41) is 22.2. The molecule has 0 aliphatic rings. The molecule has 30 heavy (non-hydrogen) atoms. The fraction of sp³-hybridized carbons (Fsp3) is 0.783. The van der Waals surface area contributed by atoms with Crippen molar-refractivity contribution in [3.63, 3.8) is 0 Å². The van der Waals surface area contributed by atoms with E-state index in [1.807, 2.05) is 0 Å². The van der Waals surface area contributed by atoms with Crippen molar-refractivity contribution in [2.24, 2.45) is 0 Å². The minimum absolute atomic E-state index is 0.223. The molecule has 2 amide bonds. The largest absolute Gasteiger partial charge is 0.480 e. The number of rotatable bonds is 20. The molecule has 0 rings (SSSR count). The van der Waals surface area contributed by atoms with Gasteiger partial charge in [-0.05, 0) is 32.1 Å². The first kappa shape index (κ1) is 28.1. The van der Waals surface area contributed by atoms with Crippen molar-refractivity contribution in [3.05, 3.63) is 12.2 Å². The van der Waals surface area contributed by atoms with Crippen molar-refractivity contribution in [1.29, 1.82) is 0 Å². The number of aliphatic carboxylic acids is 1. The Balaban J connectivity index is 3.47. The summed E-state index contributed by atoms with van der Waals surface area (Å²) >= 11 is 0. The molecule has 0 fully saturated rings. The van der Waals surface area contributed by atoms with Crippen molar-refractivity contribution < 1.29 is 24.6 Å². The van der Waals surface area contributed by atoms with Gasteiger partial charge in [-0.2, -0.15) is 0 Å². The zero-order valence-corrected chi connectivity index (χ0v) is 18.7. The van der Waals surface area contributed by atoms with E-state index in [2.05, 4.69) is 29.7 Å². The van der Waals surface area contributed by atoms with Gasteiger partial charge in [0.15, 0.2) is 0 Å². The average molecular weight is 427 g/mol. The van der Waals surface area contributed by atoms with Crippen molar-refractivity contribution in [2.45, 2.75) is 103 Å². The highest BCUT2D eigenvalue weighted by Gasteiger charge is 2.18. The fourth-order valence-corrected chi connectivity index (χ4v) is 3.05. The standard InChI is InChI=1S/C23H42N2O5/c1-2-3-4-5-6-7-8-9-10-11-12-13-14-15-16-17-21(27)24-18-22(28)25-20(19-26)23(29)30/h9-10,20,26H,2-8,11-19H2,1H3,(H,24,27)(H,25,28)(H,29,30)/b10-9-/t20-/m0/s1. The highest BCUT2D eigenvalue weighted by molar-refractivity contribution is 5.87. The number of aliphatic hydroxyl groups is 1. The number of nitrogens with one attached hydrogen (secondary N) is 2. The van der Waals surface area contributed by atoms with Crippen LogP contribution in [0.2, 0.25) is 0 Å². The second kappa shape index (κ2) is 20.4. The summed E-state index contributed by atoms with van der Waals surface area (Å²) in [6, 6.07) is -1.35. The zero-order chi connectivity index (χ0) is 22.5. The Hall–Kier alpha value is -1.89. The van der Waals surface area contributed by atoms with Gasteiger partial charge in [0.05, 0.1) is 13.2 Å². The Morgan fingerprint density at radius 2 is 1.33 bits per heavy atom. The first-order valence-corrected chi connectivity index (χ1v) is 11.6. The maximum absolute atomic E-state index is 11.7. The fourth-order valence-electron chi connectivity index (χ4n) is 3.05. The quantitative estimate of drug-likeness (QED) is 0.175. The molecule has 0 saturated carbocycles. The molecule has 0 bridgehead atoms. The molecule has 0 aromatic rings. The third-order valence-electron chi connectivity index (χ3n) is 4.93. The van der Waals surface area contributed by atoms with Crippen LogP contribution in [0.3, 0.4) is 0 Å². The van der Waals surface area contributed by atoms with Crippen LogP contribution in [0.15, 0.2) is 12.2 Å². The molecule has 4 N–H and O–H groups in total. The minimum Gasteiger partial charge on any atom is -0.480 e. The molecule has 174 valence electrons. The van der Waals surface area contributed by atoms with Gasteiger partial charge in [0.2, 0.25) is 11.8 Å². The van der Waals surface area contributed by atoms with E-state index in [0.29, 0.717) is 6.42 Å². The van der Waals surface area contributed by atoms with E-state index in [1.165, 1.54) is 51.4 Å². The Bertz CT molecular complexity index is 494. The van der Waals surface area contributed by atoms with Gasteiger partial charge in [-0.1, -0.05) is 70.4 Å². The van der Waals surface area contributed by atoms with Gasteiger partial charge < -0.3 is 20.8 Å². The van der Waals surface area contributed by atoms with Gasteiger partial charge in [0.25, 0.3) is 0 Å². The number of carbonyl (C=O) groups excluding carboxylic acids is 2. The van der Waals surface area contributed by atoms with E-state index in [-0.39, 0.29) is 12.5 Å². The number of allylic oxidation sites excluding steroid dienone is 2. The summed E-state index contributed by atoms with van der Waals surface area (Å²) < 4.78 is 0. The zero-order valence-electron chi connectivity index (χ0n) is 18.7. The summed E-state index contributed by atoms with van der Waals surface area (Å²) in [6.45, 7) is 1.27. The second-order valence-corrected chi connectivity index (χ2v) is 7.75. The Labute approximate surface area is 181 Å². The molecule has 7 heteroatoms. The van der Waals surface area contributed by atoms with Crippen LogP contribution in [0, 0.1) is 0 Å². The van der Waals surface area contributed by atoms with Crippen LogP contribution in [0.25, 0.3) is 0 Å². The molecule has 1 atom stereocenters. The van der Waals surface area contributed by atoms with E-state index in [1.54, 1.807) is 0 Å². The molecule has 0 aromatic carbocycles. The van der Waals surface area contributed by atoms with Crippen LogP contribution in [0.4, 0.5) is 0 Å². The molecule has 0 radical (unpaired) electrons. The Morgan fingerprint density at radius 1 is 0.800 bits per heavy atom. The highest BCUT2D eigenvalue weighted by atomic mass is 16.4. The summed E-state index contributed by atoms with van der Waals surface area (Å²) in [5.41, 5.74) is 0. The van der Waals surface area contributed by atoms with E-state index >= 15 is 0 Å². The number of carbonyl (C=O) groups is 3. The van der Waals surface area contributed by atoms with Gasteiger partial charge in [-0.3, -0.25) is 9.59 Å². The predicted molar refractivity (Wildman–Crippen MR) is 119 cm³/mol. The molecule has 0 spiro atoms. The van der Waals surface area contributed by atoms with Crippen molar-refractivity contribution >= 4 is 17.8 Å². The monoisotopic (exact) mass is 426 g/mol. The molecular weight excluding hydrogens is 384 g/mol. The summed E-state index contributed by atoms with van der Waals surface area (Å²) in [4.78, 5) is 33.9. The van der Waals surface area contributed by atoms with Crippen LogP contribution >= 0.6 is 0 Å². The van der Waals surface area contributed by atoms with Crippen LogP contribution in [-0.2, 0) is 14.4 Å². The number of carboxylic acids is 1. The van der Waals surface area contributed by atoms with Crippen LogP contribution in [0.5, 0.6) is 0 Å². The lowest BCUT2D eigenvalue weighted by Crippen LogP contribution is -2.47. The molecule has 0 saturated heterocycles. The van der Waals surface area contributed by atoms with Crippen molar-refractivity contribution in [1.82, 2.24) is 10.6 Å². The maximum atomic E-state index is 11.7. The van der Waals surface area contributed by atoms with Gasteiger partial charge in [0.1, 0.15) is 6.04 Å². The third kappa shape index (κ3) is 18.2. The number of carboxylic acid groups (broad SMARTS) is 1. The number of unbranched alkanes of at least 4 members (excludes halogenated alkanes) is 11. The van der Waals surface area contributed by atoms with Crippen LogP contribution in [0.1, 0.15) is 96.8 Å². The molecule has 0 aromatic heterocycles. The maximum Gasteiger partial charge on any atom is 0.328 e. The minimum atomic E-state index is -1.35. The Morgan fingerprint density at radius 3 is 1.87 bits per heavy atom. The van der Waals surface area contributed by atoms with Gasteiger partial charge >= 0.3 is 5.97 Å². The molecular formula is C23H42N2O5. The first-order valence-electron chi connectivity index (χ1n) is 11.6. The van der Waals surface area contributed by atoms with Crippen LogP contribution in [-0.4, -0.2) is 47.2 Å². The first-order chi connectivity index (χ1) is 14.5. The lowest BCUT2D eigenvalue weighted by atomic mass is 10.1. The number of amides is 2. The smallest absolute Gasteiger partial charge is 0.328 e. The molecule has 0 aliphatic heterocycles. The third-order valence-corrected chi connectivity index (χ3v) is 4.93.